The predicted octanol–water partition coefficient (Wildman–Crippen LogP) is 1.34. The van der Waals surface area contributed by atoms with E-state index in [-0.39, 0.29) is 11.4 Å². The highest BCUT2D eigenvalue weighted by molar-refractivity contribution is 7.89. The van der Waals surface area contributed by atoms with Crippen LogP contribution in [-0.4, -0.2) is 18.6 Å². The van der Waals surface area contributed by atoms with Gasteiger partial charge in [-0.15, -0.1) is 0 Å². The third-order valence-corrected chi connectivity index (χ3v) is 4.63. The van der Waals surface area contributed by atoms with Gasteiger partial charge in [-0.3, -0.25) is 5.10 Å². The first kappa shape index (κ1) is 14.5. The van der Waals surface area contributed by atoms with Crippen molar-refractivity contribution in [3.8, 4) is 0 Å². The van der Waals surface area contributed by atoms with Gasteiger partial charge in [-0.1, -0.05) is 13.0 Å². The Morgan fingerprint density at radius 2 is 2.10 bits per heavy atom. The van der Waals surface area contributed by atoms with Crippen LogP contribution < -0.4 is 10.5 Å². The third kappa shape index (κ3) is 3.00. The molecule has 1 heterocycles. The highest BCUT2D eigenvalue weighted by Gasteiger charge is 2.18. The van der Waals surface area contributed by atoms with E-state index in [1.165, 1.54) is 6.07 Å². The second-order valence-corrected chi connectivity index (χ2v) is 6.30. The molecule has 0 bridgehead atoms. The highest BCUT2D eigenvalue weighted by Crippen LogP contribution is 2.20. The summed E-state index contributed by atoms with van der Waals surface area (Å²) >= 11 is 0. The Labute approximate surface area is 118 Å². The van der Waals surface area contributed by atoms with Gasteiger partial charge in [0.25, 0.3) is 0 Å². The Hall–Kier alpha value is -1.86. The van der Waals surface area contributed by atoms with Crippen LogP contribution in [0.5, 0.6) is 0 Å². The molecule has 0 aliphatic rings. The van der Waals surface area contributed by atoms with Gasteiger partial charge in [0.1, 0.15) is 0 Å². The minimum atomic E-state index is -3.59. The Morgan fingerprint density at radius 3 is 2.70 bits per heavy atom. The van der Waals surface area contributed by atoms with Crippen LogP contribution in [0.15, 0.2) is 29.3 Å². The van der Waals surface area contributed by atoms with Crippen LogP contribution in [0.2, 0.25) is 0 Å². The van der Waals surface area contributed by atoms with Gasteiger partial charge in [0.2, 0.25) is 10.0 Å². The highest BCUT2D eigenvalue weighted by atomic mass is 32.2. The summed E-state index contributed by atoms with van der Waals surface area (Å²) < 4.78 is 27.3. The zero-order chi connectivity index (χ0) is 14.8. The maximum Gasteiger partial charge on any atom is 0.241 e. The van der Waals surface area contributed by atoms with Crippen molar-refractivity contribution in [2.75, 3.05) is 5.73 Å². The number of sulfonamides is 1. The number of aryl methyl sites for hydroxylation is 2. The fourth-order valence-corrected chi connectivity index (χ4v) is 3.27. The van der Waals surface area contributed by atoms with Crippen molar-refractivity contribution in [1.82, 2.24) is 14.9 Å². The zero-order valence-electron chi connectivity index (χ0n) is 11.5. The van der Waals surface area contributed by atoms with E-state index in [1.807, 2.05) is 13.8 Å². The number of H-pyrrole nitrogens is 1. The van der Waals surface area contributed by atoms with E-state index in [0.29, 0.717) is 12.1 Å². The van der Waals surface area contributed by atoms with Gasteiger partial charge in [-0.05, 0) is 31.0 Å². The number of nitrogens with zero attached hydrogens (tertiary/aromatic N) is 1. The largest absolute Gasteiger partial charge is 0.399 e. The fraction of sp³-hybridized carbons (Fsp3) is 0.308. The van der Waals surface area contributed by atoms with Gasteiger partial charge in [0.15, 0.2) is 0 Å². The molecule has 0 aliphatic heterocycles. The zero-order valence-corrected chi connectivity index (χ0v) is 12.3. The lowest BCUT2D eigenvalue weighted by atomic mass is 10.1. The topological polar surface area (TPSA) is 101 Å². The van der Waals surface area contributed by atoms with Gasteiger partial charge < -0.3 is 5.73 Å². The summed E-state index contributed by atoms with van der Waals surface area (Å²) in [4.78, 5) is 0.237. The number of aromatic nitrogens is 2. The maximum absolute atomic E-state index is 12.4. The van der Waals surface area contributed by atoms with E-state index < -0.39 is 10.0 Å². The fourth-order valence-electron chi connectivity index (χ4n) is 1.92. The molecule has 20 heavy (non-hydrogen) atoms. The number of nitrogens with two attached hydrogens (primary N) is 1. The molecule has 0 fully saturated rings. The molecule has 2 rings (SSSR count). The van der Waals surface area contributed by atoms with Gasteiger partial charge in [-0.2, -0.15) is 5.10 Å². The Kier molecular flexibility index (Phi) is 4.10. The van der Waals surface area contributed by atoms with Crippen molar-refractivity contribution < 1.29 is 8.42 Å². The van der Waals surface area contributed by atoms with E-state index in [9.17, 15) is 8.42 Å². The molecule has 0 saturated carbocycles. The molecule has 108 valence electrons. The Bertz CT molecular complexity index is 707. The van der Waals surface area contributed by atoms with Crippen LogP contribution in [0.25, 0.3) is 0 Å². The molecular formula is C13H18N4O2S. The molecule has 4 N–H and O–H groups in total. The van der Waals surface area contributed by atoms with Crippen molar-refractivity contribution in [3.05, 3.63) is 41.2 Å². The number of nitrogens with one attached hydrogen (secondary N) is 2. The number of rotatable bonds is 5. The van der Waals surface area contributed by atoms with Crippen LogP contribution >= 0.6 is 0 Å². The first-order valence-electron chi connectivity index (χ1n) is 6.31. The van der Waals surface area contributed by atoms with E-state index in [1.54, 1.807) is 18.3 Å². The number of hydrogen-bond donors (Lipinski definition) is 3. The first-order valence-corrected chi connectivity index (χ1v) is 7.79. The van der Waals surface area contributed by atoms with Crippen LogP contribution in [0.1, 0.15) is 23.7 Å². The first-order chi connectivity index (χ1) is 9.44. The number of benzene rings is 1. The molecule has 2 aromatic rings. The van der Waals surface area contributed by atoms with Gasteiger partial charge in [0, 0.05) is 23.5 Å². The molecule has 0 unspecified atom stereocenters. The second-order valence-electron chi connectivity index (χ2n) is 4.57. The lowest BCUT2D eigenvalue weighted by Gasteiger charge is -2.11. The van der Waals surface area contributed by atoms with Crippen LogP contribution in [0.4, 0.5) is 5.69 Å². The molecule has 0 aliphatic carbocycles. The van der Waals surface area contributed by atoms with Crippen molar-refractivity contribution >= 4 is 15.7 Å². The molecule has 6 nitrogen and oxygen atoms in total. The number of anilines is 1. The van der Waals surface area contributed by atoms with Gasteiger partial charge >= 0.3 is 0 Å². The number of nitrogen functional groups attached to an aromatic ring is 1. The molecular weight excluding hydrogens is 276 g/mol. The normalized spacial score (nSPS) is 11.7. The average Bonchev–Trinajstić information content (AvgIpc) is 2.82. The van der Waals surface area contributed by atoms with E-state index in [4.69, 9.17) is 5.73 Å². The summed E-state index contributed by atoms with van der Waals surface area (Å²) in [5.74, 6) is 0. The van der Waals surface area contributed by atoms with Crippen LogP contribution in [0.3, 0.4) is 0 Å². The second kappa shape index (κ2) is 5.64. The molecule has 0 spiro atoms. The summed E-state index contributed by atoms with van der Waals surface area (Å²) in [7, 11) is -3.59. The minimum absolute atomic E-state index is 0.197. The minimum Gasteiger partial charge on any atom is -0.399 e. The molecule has 1 aromatic heterocycles. The maximum atomic E-state index is 12.4. The quantitative estimate of drug-likeness (QED) is 0.724. The monoisotopic (exact) mass is 294 g/mol. The predicted molar refractivity (Wildman–Crippen MR) is 77.6 cm³/mol. The lowest BCUT2D eigenvalue weighted by molar-refractivity contribution is 0.580. The Morgan fingerprint density at radius 1 is 1.35 bits per heavy atom. The summed E-state index contributed by atoms with van der Waals surface area (Å²) in [6.07, 6.45) is 2.24. The van der Waals surface area contributed by atoms with Gasteiger partial charge in [-0.25, -0.2) is 13.1 Å². The van der Waals surface area contributed by atoms with Crippen LogP contribution in [-0.2, 0) is 23.0 Å². The lowest BCUT2D eigenvalue weighted by Crippen LogP contribution is -2.24. The molecule has 0 amide bonds. The summed E-state index contributed by atoms with van der Waals surface area (Å²) in [6.45, 7) is 3.95. The molecule has 0 atom stereocenters. The number of hydrogen-bond acceptors (Lipinski definition) is 4. The van der Waals surface area contributed by atoms with Gasteiger partial charge in [0.05, 0.1) is 11.1 Å². The SMILES string of the molecule is CCc1ccc(N)cc1S(=O)(=O)NCc1cn[nH]c1C. The Balaban J connectivity index is 2.26. The molecule has 0 saturated heterocycles. The van der Waals surface area contributed by atoms with Crippen molar-refractivity contribution in [1.29, 1.82) is 0 Å². The molecule has 0 radical (unpaired) electrons. The van der Waals surface area contributed by atoms with Crippen molar-refractivity contribution in [2.24, 2.45) is 0 Å². The van der Waals surface area contributed by atoms with Crippen LogP contribution in [0, 0.1) is 6.92 Å². The van der Waals surface area contributed by atoms with Crippen molar-refractivity contribution in [2.45, 2.75) is 31.7 Å². The smallest absolute Gasteiger partial charge is 0.241 e. The van der Waals surface area contributed by atoms with Crippen molar-refractivity contribution in [3.63, 3.8) is 0 Å². The van der Waals surface area contributed by atoms with E-state index in [2.05, 4.69) is 14.9 Å². The average molecular weight is 294 g/mol. The summed E-state index contributed by atoms with van der Waals surface area (Å²) in [6, 6.07) is 4.94. The number of aromatic amines is 1. The molecule has 1 aromatic carbocycles. The molecule has 7 heteroatoms. The standard InChI is InChI=1S/C13H18N4O2S/c1-3-10-4-5-12(14)6-13(10)20(18,19)16-8-11-7-15-17-9(11)2/h4-7,16H,3,8,14H2,1-2H3,(H,15,17). The summed E-state index contributed by atoms with van der Waals surface area (Å²) in [5, 5.41) is 6.63. The van der Waals surface area contributed by atoms with E-state index in [0.717, 1.165) is 16.8 Å². The summed E-state index contributed by atoms with van der Waals surface area (Å²) in [5.41, 5.74) is 8.52. The van der Waals surface area contributed by atoms with E-state index >= 15 is 0 Å². The third-order valence-electron chi connectivity index (χ3n) is 3.15.